The molecule has 2 nitrogen and oxygen atoms in total. The molecule has 1 N–H and O–H groups in total. The summed E-state index contributed by atoms with van der Waals surface area (Å²) in [5.41, 5.74) is 0.739. The standard InChI is InChI=1S/C10H12F2N2/c11-8-5-7(6-14-10(8)12)9-3-1-2-4-13-9/h5-6,9,13H,1-4H2. The molecule has 0 spiro atoms. The molecule has 76 valence electrons. The average molecular weight is 198 g/mol. The van der Waals surface area contributed by atoms with Gasteiger partial charge in [0.05, 0.1) is 0 Å². The van der Waals surface area contributed by atoms with E-state index in [4.69, 9.17) is 0 Å². The molecular weight excluding hydrogens is 186 g/mol. The molecule has 4 heteroatoms. The van der Waals surface area contributed by atoms with Crippen molar-refractivity contribution < 1.29 is 8.78 Å². The summed E-state index contributed by atoms with van der Waals surface area (Å²) in [7, 11) is 0. The Hall–Kier alpha value is -1.03. The lowest BCUT2D eigenvalue weighted by molar-refractivity contribution is 0.405. The second-order valence-corrected chi connectivity index (χ2v) is 3.54. The molecule has 1 aliphatic heterocycles. The van der Waals surface area contributed by atoms with E-state index in [2.05, 4.69) is 10.3 Å². The van der Waals surface area contributed by atoms with Gasteiger partial charge in [-0.1, -0.05) is 6.42 Å². The second kappa shape index (κ2) is 4.00. The summed E-state index contributed by atoms with van der Waals surface area (Å²) in [4.78, 5) is 3.37. The highest BCUT2D eigenvalue weighted by molar-refractivity contribution is 5.16. The number of rotatable bonds is 1. The maximum atomic E-state index is 12.9. The predicted octanol–water partition coefficient (Wildman–Crippen LogP) is 2.17. The Bertz CT molecular complexity index is 322. The number of pyridine rings is 1. The van der Waals surface area contributed by atoms with Crippen molar-refractivity contribution >= 4 is 0 Å². The smallest absolute Gasteiger partial charge is 0.248 e. The van der Waals surface area contributed by atoms with Crippen molar-refractivity contribution in [1.82, 2.24) is 10.3 Å². The Labute approximate surface area is 81.4 Å². The van der Waals surface area contributed by atoms with E-state index in [1.165, 1.54) is 12.3 Å². The molecule has 1 aromatic rings. The zero-order chi connectivity index (χ0) is 9.97. The molecule has 1 saturated heterocycles. The molecule has 1 aliphatic rings. The van der Waals surface area contributed by atoms with E-state index in [0.717, 1.165) is 31.4 Å². The fourth-order valence-electron chi connectivity index (χ4n) is 1.76. The van der Waals surface area contributed by atoms with Crippen LogP contribution in [-0.4, -0.2) is 11.5 Å². The molecule has 0 amide bonds. The first-order chi connectivity index (χ1) is 6.77. The summed E-state index contributed by atoms with van der Waals surface area (Å²) in [5.74, 6) is -1.89. The van der Waals surface area contributed by atoms with Crippen LogP contribution < -0.4 is 5.32 Å². The van der Waals surface area contributed by atoms with Crippen LogP contribution in [0.3, 0.4) is 0 Å². The summed E-state index contributed by atoms with van der Waals surface area (Å²) in [6.07, 6.45) is 4.64. The number of hydrogen-bond acceptors (Lipinski definition) is 2. The fraction of sp³-hybridized carbons (Fsp3) is 0.500. The second-order valence-electron chi connectivity index (χ2n) is 3.54. The molecule has 0 aromatic carbocycles. The number of nitrogens with zero attached hydrogens (tertiary/aromatic N) is 1. The lowest BCUT2D eigenvalue weighted by Gasteiger charge is -2.23. The molecule has 0 bridgehead atoms. The van der Waals surface area contributed by atoms with E-state index in [0.29, 0.717) is 0 Å². The quantitative estimate of drug-likeness (QED) is 0.699. The zero-order valence-electron chi connectivity index (χ0n) is 7.76. The van der Waals surface area contributed by atoms with Gasteiger partial charge in [-0.2, -0.15) is 4.39 Å². The zero-order valence-corrected chi connectivity index (χ0v) is 7.76. The Morgan fingerprint density at radius 2 is 2.21 bits per heavy atom. The van der Waals surface area contributed by atoms with Crippen molar-refractivity contribution in [3.05, 3.63) is 29.6 Å². The van der Waals surface area contributed by atoms with Crippen LogP contribution in [0.15, 0.2) is 12.3 Å². The highest BCUT2D eigenvalue weighted by Crippen LogP contribution is 2.22. The van der Waals surface area contributed by atoms with E-state index < -0.39 is 11.8 Å². The number of piperidine rings is 1. The molecule has 1 atom stereocenters. The van der Waals surface area contributed by atoms with Crippen LogP contribution in [0.2, 0.25) is 0 Å². The Balaban J connectivity index is 2.18. The number of hydrogen-bond donors (Lipinski definition) is 1. The minimum atomic E-state index is -1.02. The monoisotopic (exact) mass is 198 g/mol. The van der Waals surface area contributed by atoms with Gasteiger partial charge in [0.2, 0.25) is 5.95 Å². The first-order valence-corrected chi connectivity index (χ1v) is 4.81. The first kappa shape index (κ1) is 9.52. The normalized spacial score (nSPS) is 22.3. The highest BCUT2D eigenvalue weighted by atomic mass is 19.2. The third-order valence-electron chi connectivity index (χ3n) is 2.53. The van der Waals surface area contributed by atoms with Crippen molar-refractivity contribution in [2.75, 3.05) is 6.54 Å². The predicted molar refractivity (Wildman–Crippen MR) is 48.7 cm³/mol. The van der Waals surface area contributed by atoms with Gasteiger partial charge in [-0.25, -0.2) is 9.37 Å². The molecule has 2 heterocycles. The molecule has 2 rings (SSSR count). The van der Waals surface area contributed by atoms with Crippen molar-refractivity contribution in [2.24, 2.45) is 0 Å². The van der Waals surface area contributed by atoms with E-state index >= 15 is 0 Å². The third kappa shape index (κ3) is 1.90. The van der Waals surface area contributed by atoms with Crippen molar-refractivity contribution in [2.45, 2.75) is 25.3 Å². The summed E-state index contributed by atoms with van der Waals surface area (Å²) < 4.78 is 25.4. The Kier molecular flexibility index (Phi) is 2.72. The van der Waals surface area contributed by atoms with Crippen LogP contribution in [0.1, 0.15) is 30.9 Å². The summed E-state index contributed by atoms with van der Waals surface area (Å²) in [5, 5.41) is 3.25. The van der Waals surface area contributed by atoms with Crippen LogP contribution in [0.5, 0.6) is 0 Å². The maximum absolute atomic E-state index is 12.9. The molecule has 0 radical (unpaired) electrons. The highest BCUT2D eigenvalue weighted by Gasteiger charge is 2.16. The molecule has 1 unspecified atom stereocenters. The molecule has 0 aliphatic carbocycles. The van der Waals surface area contributed by atoms with Crippen LogP contribution in [0.25, 0.3) is 0 Å². The van der Waals surface area contributed by atoms with Crippen molar-refractivity contribution in [1.29, 1.82) is 0 Å². The average Bonchev–Trinajstić information content (AvgIpc) is 2.23. The third-order valence-corrected chi connectivity index (χ3v) is 2.53. The van der Waals surface area contributed by atoms with Gasteiger partial charge in [0.25, 0.3) is 0 Å². The summed E-state index contributed by atoms with van der Waals surface area (Å²) >= 11 is 0. The van der Waals surface area contributed by atoms with Gasteiger partial charge in [0, 0.05) is 12.2 Å². The van der Waals surface area contributed by atoms with Crippen LogP contribution in [-0.2, 0) is 0 Å². The Morgan fingerprint density at radius 3 is 2.86 bits per heavy atom. The van der Waals surface area contributed by atoms with E-state index in [9.17, 15) is 8.78 Å². The van der Waals surface area contributed by atoms with Crippen LogP contribution in [0.4, 0.5) is 8.78 Å². The summed E-state index contributed by atoms with van der Waals surface area (Å²) in [6.45, 7) is 0.934. The van der Waals surface area contributed by atoms with Gasteiger partial charge in [-0.15, -0.1) is 0 Å². The van der Waals surface area contributed by atoms with Crippen molar-refractivity contribution in [3.8, 4) is 0 Å². The number of nitrogens with one attached hydrogen (secondary N) is 1. The van der Waals surface area contributed by atoms with Gasteiger partial charge >= 0.3 is 0 Å². The topological polar surface area (TPSA) is 24.9 Å². The summed E-state index contributed by atoms with van der Waals surface area (Å²) in [6, 6.07) is 1.36. The lowest BCUT2D eigenvalue weighted by Crippen LogP contribution is -2.27. The number of halogens is 2. The molecule has 14 heavy (non-hydrogen) atoms. The van der Waals surface area contributed by atoms with E-state index in [1.54, 1.807) is 0 Å². The van der Waals surface area contributed by atoms with Crippen LogP contribution >= 0.6 is 0 Å². The molecular formula is C10H12F2N2. The van der Waals surface area contributed by atoms with Gasteiger partial charge in [0.15, 0.2) is 5.82 Å². The molecule has 0 saturated carbocycles. The first-order valence-electron chi connectivity index (χ1n) is 4.81. The minimum absolute atomic E-state index is 0.131. The van der Waals surface area contributed by atoms with E-state index in [-0.39, 0.29) is 6.04 Å². The fourth-order valence-corrected chi connectivity index (χ4v) is 1.76. The largest absolute Gasteiger partial charge is 0.310 e. The van der Waals surface area contributed by atoms with E-state index in [1.807, 2.05) is 0 Å². The SMILES string of the molecule is Fc1cc(C2CCCCN2)cnc1F. The molecule has 1 fully saturated rings. The van der Waals surface area contributed by atoms with Gasteiger partial charge in [-0.3, -0.25) is 0 Å². The number of aromatic nitrogens is 1. The van der Waals surface area contributed by atoms with Crippen molar-refractivity contribution in [3.63, 3.8) is 0 Å². The van der Waals surface area contributed by atoms with Crippen LogP contribution in [0, 0.1) is 11.8 Å². The lowest BCUT2D eigenvalue weighted by atomic mass is 9.99. The van der Waals surface area contributed by atoms with Gasteiger partial charge < -0.3 is 5.32 Å². The van der Waals surface area contributed by atoms with Gasteiger partial charge in [-0.05, 0) is 31.0 Å². The minimum Gasteiger partial charge on any atom is -0.310 e. The maximum Gasteiger partial charge on any atom is 0.248 e. The van der Waals surface area contributed by atoms with Gasteiger partial charge in [0.1, 0.15) is 0 Å². The molecule has 1 aromatic heterocycles. The Morgan fingerprint density at radius 1 is 1.36 bits per heavy atom.